The molecule has 1 aliphatic rings. The van der Waals surface area contributed by atoms with Crippen molar-refractivity contribution in [3.05, 3.63) is 23.9 Å². The maximum Gasteiger partial charge on any atom is 0.339 e. The fourth-order valence-corrected chi connectivity index (χ4v) is 2.31. The van der Waals surface area contributed by atoms with Crippen molar-refractivity contribution in [2.75, 3.05) is 18.9 Å². The molecule has 0 spiro atoms. The number of hydrogen-bond donors (Lipinski definition) is 2. The number of hydrogen-bond acceptors (Lipinski definition) is 4. The van der Waals surface area contributed by atoms with E-state index in [0.29, 0.717) is 17.9 Å². The van der Waals surface area contributed by atoms with Crippen molar-refractivity contribution in [1.29, 1.82) is 0 Å². The molecule has 2 rings (SSSR count). The van der Waals surface area contributed by atoms with Crippen LogP contribution in [-0.4, -0.2) is 46.6 Å². The molecule has 18 heavy (non-hydrogen) atoms. The molecule has 1 aromatic heterocycles. The Kier molecular flexibility index (Phi) is 3.81. The van der Waals surface area contributed by atoms with Gasteiger partial charge in [0.15, 0.2) is 0 Å². The number of nitrogens with zero attached hydrogens (tertiary/aromatic N) is 2. The van der Waals surface area contributed by atoms with E-state index in [1.807, 2.05) is 0 Å². The van der Waals surface area contributed by atoms with Crippen LogP contribution < -0.4 is 5.32 Å². The van der Waals surface area contributed by atoms with E-state index < -0.39 is 5.97 Å². The fraction of sp³-hybridized carbons (Fsp3) is 0.538. The second kappa shape index (κ2) is 5.35. The van der Waals surface area contributed by atoms with Gasteiger partial charge < -0.3 is 15.3 Å². The Morgan fingerprint density at radius 3 is 3.06 bits per heavy atom. The minimum absolute atomic E-state index is 0.240. The van der Waals surface area contributed by atoms with Crippen molar-refractivity contribution < 1.29 is 9.90 Å². The molecule has 1 aromatic rings. The van der Waals surface area contributed by atoms with Gasteiger partial charge in [0.2, 0.25) is 0 Å². The van der Waals surface area contributed by atoms with Gasteiger partial charge in [0.05, 0.1) is 0 Å². The predicted octanol–water partition coefficient (Wildman–Crippen LogP) is 1.67. The van der Waals surface area contributed by atoms with E-state index in [0.717, 1.165) is 19.4 Å². The molecular weight excluding hydrogens is 230 g/mol. The van der Waals surface area contributed by atoms with Crippen molar-refractivity contribution in [2.45, 2.75) is 31.8 Å². The van der Waals surface area contributed by atoms with Crippen LogP contribution >= 0.6 is 0 Å². The molecule has 0 amide bonds. The van der Waals surface area contributed by atoms with E-state index in [1.165, 1.54) is 0 Å². The van der Waals surface area contributed by atoms with Crippen LogP contribution in [-0.2, 0) is 0 Å². The first-order valence-corrected chi connectivity index (χ1v) is 6.23. The highest BCUT2D eigenvalue weighted by atomic mass is 16.4. The first-order valence-electron chi connectivity index (χ1n) is 6.23. The van der Waals surface area contributed by atoms with E-state index >= 15 is 0 Å². The van der Waals surface area contributed by atoms with Crippen LogP contribution in [0.4, 0.5) is 5.82 Å². The van der Waals surface area contributed by atoms with Gasteiger partial charge in [0, 0.05) is 24.8 Å². The Bertz CT molecular complexity index is 436. The largest absolute Gasteiger partial charge is 0.478 e. The molecular formula is C13H19N3O2. The summed E-state index contributed by atoms with van der Waals surface area (Å²) in [6.07, 6.45) is 3.63. The lowest BCUT2D eigenvalue weighted by molar-refractivity contribution is 0.0697. The fourth-order valence-electron chi connectivity index (χ4n) is 2.31. The van der Waals surface area contributed by atoms with Crippen LogP contribution in [0.1, 0.15) is 30.1 Å². The number of anilines is 1. The van der Waals surface area contributed by atoms with Gasteiger partial charge in [-0.15, -0.1) is 0 Å². The van der Waals surface area contributed by atoms with Gasteiger partial charge in [-0.05, 0) is 38.9 Å². The molecule has 2 unspecified atom stereocenters. The summed E-state index contributed by atoms with van der Waals surface area (Å²) in [5.74, 6) is -0.460. The van der Waals surface area contributed by atoms with E-state index in [9.17, 15) is 4.79 Å². The molecule has 1 saturated heterocycles. The zero-order valence-corrected chi connectivity index (χ0v) is 10.8. The van der Waals surface area contributed by atoms with Crippen molar-refractivity contribution in [3.8, 4) is 0 Å². The molecule has 0 saturated carbocycles. The number of pyridine rings is 1. The van der Waals surface area contributed by atoms with E-state index in [1.54, 1.807) is 18.3 Å². The second-order valence-electron chi connectivity index (χ2n) is 4.90. The van der Waals surface area contributed by atoms with E-state index in [-0.39, 0.29) is 5.56 Å². The first-order chi connectivity index (χ1) is 8.58. The Balaban J connectivity index is 2.08. The molecule has 5 nitrogen and oxygen atoms in total. The van der Waals surface area contributed by atoms with Gasteiger partial charge in [0.25, 0.3) is 0 Å². The minimum Gasteiger partial charge on any atom is -0.478 e. The predicted molar refractivity (Wildman–Crippen MR) is 69.9 cm³/mol. The lowest BCUT2D eigenvalue weighted by Gasteiger charge is -2.35. The van der Waals surface area contributed by atoms with E-state index in [2.05, 4.69) is 29.2 Å². The number of piperidine rings is 1. The number of nitrogens with one attached hydrogen (secondary N) is 1. The number of carboxylic acid groups (broad SMARTS) is 1. The van der Waals surface area contributed by atoms with Gasteiger partial charge in [-0.1, -0.05) is 0 Å². The highest BCUT2D eigenvalue weighted by molar-refractivity contribution is 5.93. The van der Waals surface area contributed by atoms with Gasteiger partial charge in [-0.25, -0.2) is 9.78 Å². The topological polar surface area (TPSA) is 65.5 Å². The summed E-state index contributed by atoms with van der Waals surface area (Å²) in [7, 11) is 2.12. The van der Waals surface area contributed by atoms with Gasteiger partial charge in [-0.3, -0.25) is 0 Å². The SMILES string of the molecule is CC1CC(Nc2ncccc2C(=O)O)CCN1C. The lowest BCUT2D eigenvalue weighted by Crippen LogP contribution is -2.42. The summed E-state index contributed by atoms with van der Waals surface area (Å²) in [6.45, 7) is 3.21. The summed E-state index contributed by atoms with van der Waals surface area (Å²) < 4.78 is 0. The van der Waals surface area contributed by atoms with Crippen molar-refractivity contribution in [2.24, 2.45) is 0 Å². The maximum absolute atomic E-state index is 11.1. The van der Waals surface area contributed by atoms with Gasteiger partial charge in [0.1, 0.15) is 11.4 Å². The first kappa shape index (κ1) is 12.8. The number of aromatic nitrogens is 1. The summed E-state index contributed by atoms with van der Waals surface area (Å²) in [5, 5.41) is 12.4. The quantitative estimate of drug-likeness (QED) is 0.853. The van der Waals surface area contributed by atoms with Crippen LogP contribution in [0.3, 0.4) is 0 Å². The van der Waals surface area contributed by atoms with Crippen LogP contribution in [0.15, 0.2) is 18.3 Å². The molecule has 2 N–H and O–H groups in total. The maximum atomic E-state index is 11.1. The zero-order chi connectivity index (χ0) is 13.1. The summed E-state index contributed by atoms with van der Waals surface area (Å²) >= 11 is 0. The smallest absolute Gasteiger partial charge is 0.339 e. The molecule has 1 aliphatic heterocycles. The Labute approximate surface area is 107 Å². The highest BCUT2D eigenvalue weighted by Gasteiger charge is 2.24. The number of carbonyl (C=O) groups is 1. The lowest BCUT2D eigenvalue weighted by atomic mass is 9.99. The van der Waals surface area contributed by atoms with Crippen LogP contribution in [0, 0.1) is 0 Å². The third-order valence-corrected chi connectivity index (χ3v) is 3.59. The van der Waals surface area contributed by atoms with Crippen LogP contribution in [0.5, 0.6) is 0 Å². The Morgan fingerprint density at radius 1 is 1.61 bits per heavy atom. The standard InChI is InChI=1S/C13H19N3O2/c1-9-8-10(5-7-16(9)2)15-12-11(13(17)18)4-3-6-14-12/h3-4,6,9-10H,5,7-8H2,1-2H3,(H,14,15)(H,17,18). The summed E-state index contributed by atoms with van der Waals surface area (Å²) in [4.78, 5) is 17.5. The van der Waals surface area contributed by atoms with Gasteiger partial charge in [-0.2, -0.15) is 0 Å². The molecule has 2 atom stereocenters. The molecule has 5 heteroatoms. The third kappa shape index (κ3) is 2.79. The number of carboxylic acids is 1. The summed E-state index contributed by atoms with van der Waals surface area (Å²) in [5.41, 5.74) is 0.240. The Morgan fingerprint density at radius 2 is 2.39 bits per heavy atom. The summed E-state index contributed by atoms with van der Waals surface area (Å²) in [6, 6.07) is 4.03. The molecule has 98 valence electrons. The highest BCUT2D eigenvalue weighted by Crippen LogP contribution is 2.20. The number of likely N-dealkylation sites (tertiary alicyclic amines) is 1. The molecule has 0 bridgehead atoms. The van der Waals surface area contributed by atoms with E-state index in [4.69, 9.17) is 5.11 Å². The van der Waals surface area contributed by atoms with Crippen molar-refractivity contribution in [1.82, 2.24) is 9.88 Å². The number of aromatic carboxylic acids is 1. The van der Waals surface area contributed by atoms with Gasteiger partial charge >= 0.3 is 5.97 Å². The van der Waals surface area contributed by atoms with Crippen LogP contribution in [0.2, 0.25) is 0 Å². The monoisotopic (exact) mass is 249 g/mol. The molecule has 0 aliphatic carbocycles. The second-order valence-corrected chi connectivity index (χ2v) is 4.90. The average Bonchev–Trinajstić information content (AvgIpc) is 2.34. The number of rotatable bonds is 3. The average molecular weight is 249 g/mol. The molecule has 0 radical (unpaired) electrons. The van der Waals surface area contributed by atoms with Crippen LogP contribution in [0.25, 0.3) is 0 Å². The van der Waals surface area contributed by atoms with Crippen molar-refractivity contribution in [3.63, 3.8) is 0 Å². The zero-order valence-electron chi connectivity index (χ0n) is 10.8. The molecule has 0 aromatic carbocycles. The third-order valence-electron chi connectivity index (χ3n) is 3.59. The molecule has 1 fully saturated rings. The minimum atomic E-state index is -0.938. The Hall–Kier alpha value is -1.62. The van der Waals surface area contributed by atoms with Crippen molar-refractivity contribution >= 4 is 11.8 Å². The molecule has 2 heterocycles. The normalized spacial score (nSPS) is 24.8.